The number of amides is 1. The number of ether oxygens (including phenoxy) is 1. The summed E-state index contributed by atoms with van der Waals surface area (Å²) in [6.07, 6.45) is 0.0600. The van der Waals surface area contributed by atoms with Crippen molar-refractivity contribution in [3.05, 3.63) is 71.8 Å². The van der Waals surface area contributed by atoms with Crippen molar-refractivity contribution in [2.24, 2.45) is 0 Å². The van der Waals surface area contributed by atoms with E-state index in [1.54, 1.807) is 0 Å². The lowest BCUT2D eigenvalue weighted by atomic mass is 10.1. The van der Waals surface area contributed by atoms with Gasteiger partial charge in [0.15, 0.2) is 6.10 Å². The molecule has 0 saturated carbocycles. The van der Waals surface area contributed by atoms with E-state index in [4.69, 9.17) is 4.74 Å². The summed E-state index contributed by atoms with van der Waals surface area (Å²) >= 11 is 0. The van der Waals surface area contributed by atoms with Crippen LogP contribution in [0.15, 0.2) is 60.7 Å². The van der Waals surface area contributed by atoms with E-state index < -0.39 is 6.10 Å². The van der Waals surface area contributed by atoms with E-state index in [1.165, 1.54) is 0 Å². The van der Waals surface area contributed by atoms with Gasteiger partial charge < -0.3 is 10.1 Å². The summed E-state index contributed by atoms with van der Waals surface area (Å²) in [5.74, 6) is 0.620. The van der Waals surface area contributed by atoms with Crippen LogP contribution in [0, 0.1) is 13.8 Å². The summed E-state index contributed by atoms with van der Waals surface area (Å²) < 4.78 is 6.08. The Balaban J connectivity index is 1.83. The Morgan fingerprint density at radius 3 is 2.32 bits per heavy atom. The van der Waals surface area contributed by atoms with E-state index in [9.17, 15) is 4.79 Å². The zero-order valence-electron chi connectivity index (χ0n) is 14.9. The van der Waals surface area contributed by atoms with Crippen molar-refractivity contribution in [2.75, 3.05) is 5.32 Å². The highest BCUT2D eigenvalue weighted by molar-refractivity contribution is 5.96. The molecule has 3 heteroatoms. The second-order valence-corrected chi connectivity index (χ2v) is 6.25. The van der Waals surface area contributed by atoms with Gasteiger partial charge in [-0.1, -0.05) is 61.5 Å². The molecule has 0 aliphatic carbocycles. The lowest BCUT2D eigenvalue weighted by Gasteiger charge is -2.20. The van der Waals surface area contributed by atoms with Gasteiger partial charge in [-0.3, -0.25) is 4.79 Å². The van der Waals surface area contributed by atoms with Gasteiger partial charge in [0.2, 0.25) is 0 Å². The molecule has 0 radical (unpaired) electrons. The fourth-order valence-corrected chi connectivity index (χ4v) is 2.99. The number of nitrogens with one attached hydrogen (secondary N) is 1. The lowest BCUT2D eigenvalue weighted by molar-refractivity contribution is -0.122. The van der Waals surface area contributed by atoms with Crippen molar-refractivity contribution in [1.29, 1.82) is 0 Å². The van der Waals surface area contributed by atoms with Crippen LogP contribution in [-0.2, 0) is 4.79 Å². The summed E-state index contributed by atoms with van der Waals surface area (Å²) in [6, 6.07) is 19.9. The lowest BCUT2D eigenvalue weighted by Crippen LogP contribution is -2.32. The summed E-state index contributed by atoms with van der Waals surface area (Å²) in [5.41, 5.74) is 2.97. The van der Waals surface area contributed by atoms with E-state index >= 15 is 0 Å². The van der Waals surface area contributed by atoms with Gasteiger partial charge in [-0.2, -0.15) is 0 Å². The zero-order chi connectivity index (χ0) is 17.8. The van der Waals surface area contributed by atoms with Crippen LogP contribution in [0.1, 0.15) is 24.5 Å². The van der Waals surface area contributed by atoms with Gasteiger partial charge in [0.05, 0.1) is 0 Å². The van der Waals surface area contributed by atoms with Crippen LogP contribution in [0.3, 0.4) is 0 Å². The molecule has 3 nitrogen and oxygen atoms in total. The minimum atomic E-state index is -0.537. The number of anilines is 1. The van der Waals surface area contributed by atoms with Gasteiger partial charge in [0.25, 0.3) is 5.91 Å². The topological polar surface area (TPSA) is 38.3 Å². The molecule has 25 heavy (non-hydrogen) atoms. The molecule has 3 aromatic carbocycles. The van der Waals surface area contributed by atoms with E-state index in [2.05, 4.69) is 5.32 Å². The first kappa shape index (κ1) is 17.0. The molecule has 3 rings (SSSR count). The average Bonchev–Trinajstić information content (AvgIpc) is 2.62. The average molecular weight is 333 g/mol. The van der Waals surface area contributed by atoms with Crippen LogP contribution in [0.4, 0.5) is 5.69 Å². The Morgan fingerprint density at radius 1 is 0.960 bits per heavy atom. The Hall–Kier alpha value is -2.81. The largest absolute Gasteiger partial charge is 0.480 e. The highest BCUT2D eigenvalue weighted by atomic mass is 16.5. The van der Waals surface area contributed by atoms with Gasteiger partial charge in [0, 0.05) is 11.1 Å². The first-order chi connectivity index (χ1) is 12.1. The van der Waals surface area contributed by atoms with Crippen LogP contribution in [-0.4, -0.2) is 12.0 Å². The fourth-order valence-electron chi connectivity index (χ4n) is 2.99. The maximum atomic E-state index is 12.8. The number of rotatable bonds is 5. The van der Waals surface area contributed by atoms with Crippen LogP contribution >= 0.6 is 0 Å². The molecule has 0 spiro atoms. The van der Waals surface area contributed by atoms with Crippen LogP contribution in [0.2, 0.25) is 0 Å². The Labute approximate surface area is 148 Å². The van der Waals surface area contributed by atoms with Crippen molar-refractivity contribution in [3.63, 3.8) is 0 Å². The molecule has 1 N–H and O–H groups in total. The van der Waals surface area contributed by atoms with E-state index in [1.807, 2.05) is 81.4 Å². The minimum Gasteiger partial charge on any atom is -0.480 e. The molecule has 0 unspecified atom stereocenters. The molecule has 0 aromatic heterocycles. The molecule has 0 saturated heterocycles. The third-order valence-corrected chi connectivity index (χ3v) is 4.41. The molecular formula is C22H23NO2. The summed E-state index contributed by atoms with van der Waals surface area (Å²) in [5, 5.41) is 5.15. The van der Waals surface area contributed by atoms with E-state index in [0.29, 0.717) is 6.42 Å². The van der Waals surface area contributed by atoms with Gasteiger partial charge in [-0.25, -0.2) is 0 Å². The van der Waals surface area contributed by atoms with Crippen LogP contribution in [0.25, 0.3) is 10.8 Å². The van der Waals surface area contributed by atoms with Gasteiger partial charge >= 0.3 is 0 Å². The number of aryl methyl sites for hydroxylation is 2. The second kappa shape index (κ2) is 7.39. The summed E-state index contributed by atoms with van der Waals surface area (Å²) in [7, 11) is 0. The van der Waals surface area contributed by atoms with Crippen molar-refractivity contribution in [2.45, 2.75) is 33.3 Å². The highest BCUT2D eigenvalue weighted by Crippen LogP contribution is 2.27. The number of para-hydroxylation sites is 1. The third-order valence-electron chi connectivity index (χ3n) is 4.41. The van der Waals surface area contributed by atoms with Gasteiger partial charge in [-0.15, -0.1) is 0 Å². The first-order valence-electron chi connectivity index (χ1n) is 8.61. The number of carbonyl (C=O) groups excluding carboxylic acids is 1. The minimum absolute atomic E-state index is 0.118. The highest BCUT2D eigenvalue weighted by Gasteiger charge is 2.20. The van der Waals surface area contributed by atoms with Crippen LogP contribution in [0.5, 0.6) is 5.75 Å². The second-order valence-electron chi connectivity index (χ2n) is 6.25. The number of hydrogen-bond acceptors (Lipinski definition) is 2. The first-order valence-corrected chi connectivity index (χ1v) is 8.61. The van der Waals surface area contributed by atoms with Crippen LogP contribution < -0.4 is 10.1 Å². The monoisotopic (exact) mass is 333 g/mol. The standard InChI is InChI=1S/C22H23NO2/c1-4-19(22(24)23-21-15(2)9-7-10-16(21)3)25-20-14-8-12-17-11-5-6-13-18(17)20/h5-14,19H,4H2,1-3H3,(H,23,24)/t19-/m1/s1. The molecule has 1 atom stereocenters. The Morgan fingerprint density at radius 2 is 1.60 bits per heavy atom. The molecule has 0 bridgehead atoms. The van der Waals surface area contributed by atoms with E-state index in [0.717, 1.165) is 33.3 Å². The van der Waals surface area contributed by atoms with Crippen molar-refractivity contribution < 1.29 is 9.53 Å². The van der Waals surface area contributed by atoms with Gasteiger partial charge in [-0.05, 0) is 42.8 Å². The summed E-state index contributed by atoms with van der Waals surface area (Å²) in [6.45, 7) is 5.95. The molecular weight excluding hydrogens is 310 g/mol. The smallest absolute Gasteiger partial charge is 0.265 e. The molecule has 1 amide bonds. The molecule has 0 aliphatic heterocycles. The molecule has 0 fully saturated rings. The molecule has 0 aliphatic rings. The van der Waals surface area contributed by atoms with E-state index in [-0.39, 0.29) is 5.91 Å². The SMILES string of the molecule is CC[C@@H](Oc1cccc2ccccc12)C(=O)Nc1c(C)cccc1C. The number of benzene rings is 3. The number of hydrogen-bond donors (Lipinski definition) is 1. The normalized spacial score (nSPS) is 12.0. The predicted molar refractivity (Wildman–Crippen MR) is 103 cm³/mol. The summed E-state index contributed by atoms with van der Waals surface area (Å²) in [4.78, 5) is 12.8. The molecule has 128 valence electrons. The molecule has 3 aromatic rings. The number of carbonyl (C=O) groups is 1. The Kier molecular flexibility index (Phi) is 5.03. The fraction of sp³-hybridized carbons (Fsp3) is 0.227. The molecule has 0 heterocycles. The third kappa shape index (κ3) is 3.66. The van der Waals surface area contributed by atoms with Crippen molar-refractivity contribution >= 4 is 22.4 Å². The zero-order valence-corrected chi connectivity index (χ0v) is 14.9. The predicted octanol–water partition coefficient (Wildman–Crippen LogP) is 5.25. The van der Waals surface area contributed by atoms with Crippen molar-refractivity contribution in [3.8, 4) is 5.75 Å². The number of fused-ring (bicyclic) bond motifs is 1. The Bertz CT molecular complexity index is 876. The quantitative estimate of drug-likeness (QED) is 0.692. The maximum absolute atomic E-state index is 12.8. The maximum Gasteiger partial charge on any atom is 0.265 e. The van der Waals surface area contributed by atoms with Crippen molar-refractivity contribution in [1.82, 2.24) is 0 Å². The van der Waals surface area contributed by atoms with Gasteiger partial charge in [0.1, 0.15) is 5.75 Å².